The molecule has 140 valence electrons. The van der Waals surface area contributed by atoms with Crippen LogP contribution in [0.4, 0.5) is 0 Å². The highest BCUT2D eigenvalue weighted by Crippen LogP contribution is 2.49. The van der Waals surface area contributed by atoms with E-state index in [0.717, 1.165) is 35.5 Å². The first kappa shape index (κ1) is 23.0. The van der Waals surface area contributed by atoms with Crippen LogP contribution < -0.4 is 0 Å². The highest BCUT2D eigenvalue weighted by atomic mass is 14.5. The lowest BCUT2D eigenvalue weighted by molar-refractivity contribution is 0.0111. The monoisotopic (exact) mass is 324 g/mol. The Hall–Kier alpha value is 0. The maximum Gasteiger partial charge on any atom is -0.0272 e. The molecule has 6 unspecified atom stereocenters. The molecular weight excluding hydrogens is 276 g/mol. The van der Waals surface area contributed by atoms with Gasteiger partial charge in [0.25, 0.3) is 0 Å². The van der Waals surface area contributed by atoms with Crippen molar-refractivity contribution in [3.8, 4) is 0 Å². The summed E-state index contributed by atoms with van der Waals surface area (Å²) in [5.74, 6) is 4.98. The Morgan fingerprint density at radius 1 is 0.826 bits per heavy atom. The normalized spacial score (nSPS) is 21.5. The second kappa shape index (κ2) is 10.8. The molecule has 0 aromatic heterocycles. The summed E-state index contributed by atoms with van der Waals surface area (Å²) >= 11 is 0. The molecule has 0 aromatic carbocycles. The Kier molecular flexibility index (Phi) is 10.8. The third-order valence-electron chi connectivity index (χ3n) is 7.58. The third-order valence-corrected chi connectivity index (χ3v) is 7.58. The second-order valence-corrected chi connectivity index (χ2v) is 9.21. The van der Waals surface area contributed by atoms with Crippen molar-refractivity contribution < 1.29 is 0 Å². The van der Waals surface area contributed by atoms with Crippen LogP contribution in [0.15, 0.2) is 0 Å². The smallest absolute Gasteiger partial charge is 0.0272 e. The van der Waals surface area contributed by atoms with Crippen LogP contribution >= 0.6 is 0 Å². The van der Waals surface area contributed by atoms with Crippen molar-refractivity contribution in [2.45, 2.75) is 108 Å². The van der Waals surface area contributed by atoms with Gasteiger partial charge < -0.3 is 0 Å². The van der Waals surface area contributed by atoms with Gasteiger partial charge in [0.1, 0.15) is 0 Å². The van der Waals surface area contributed by atoms with E-state index in [1.807, 2.05) is 0 Å². The molecule has 0 aromatic rings. The summed E-state index contributed by atoms with van der Waals surface area (Å²) in [5.41, 5.74) is 0.468. The molecule has 0 amide bonds. The van der Waals surface area contributed by atoms with Crippen molar-refractivity contribution in [2.24, 2.45) is 40.9 Å². The average Bonchev–Trinajstić information content (AvgIpc) is 2.54. The Morgan fingerprint density at radius 3 is 1.78 bits per heavy atom. The largest absolute Gasteiger partial charge is 0.0654 e. The van der Waals surface area contributed by atoms with Crippen molar-refractivity contribution in [2.75, 3.05) is 0 Å². The van der Waals surface area contributed by atoms with Gasteiger partial charge in [-0.05, 0) is 47.3 Å². The lowest BCUT2D eigenvalue weighted by Gasteiger charge is -2.48. The van der Waals surface area contributed by atoms with E-state index in [0.29, 0.717) is 5.41 Å². The SMILES string of the molecule is CCCCC(C)C(C)C(C)(CC)C(C)C(CC(C)CC)C(C)C. The fourth-order valence-corrected chi connectivity index (χ4v) is 4.66. The average molecular weight is 325 g/mol. The minimum absolute atomic E-state index is 0.468. The van der Waals surface area contributed by atoms with Crippen molar-refractivity contribution in [1.82, 2.24) is 0 Å². The summed E-state index contributed by atoms with van der Waals surface area (Å²) in [6.07, 6.45) is 8.16. The molecule has 23 heavy (non-hydrogen) atoms. The predicted octanol–water partition coefficient (Wildman–Crippen LogP) is 8.21. The van der Waals surface area contributed by atoms with Crippen LogP contribution in [0, 0.1) is 40.9 Å². The Morgan fingerprint density at radius 2 is 1.39 bits per heavy atom. The molecule has 0 saturated heterocycles. The Bertz CT molecular complexity index is 292. The van der Waals surface area contributed by atoms with Gasteiger partial charge in [0, 0.05) is 0 Å². The molecule has 0 heteroatoms. The molecule has 0 radical (unpaired) electrons. The number of hydrogen-bond donors (Lipinski definition) is 0. The fourth-order valence-electron chi connectivity index (χ4n) is 4.66. The van der Waals surface area contributed by atoms with Crippen LogP contribution in [0.1, 0.15) is 108 Å². The standard InChI is InChI=1S/C23H48/c1-11-14-15-19(7)20(8)23(10,13-3)21(9)22(17(4)5)16-18(6)12-2/h17-22H,11-16H2,1-10H3. The van der Waals surface area contributed by atoms with Crippen LogP contribution in [0.25, 0.3) is 0 Å². The zero-order valence-corrected chi connectivity index (χ0v) is 18.2. The van der Waals surface area contributed by atoms with E-state index < -0.39 is 0 Å². The van der Waals surface area contributed by atoms with E-state index >= 15 is 0 Å². The van der Waals surface area contributed by atoms with Gasteiger partial charge in [0.05, 0.1) is 0 Å². The summed E-state index contributed by atoms with van der Waals surface area (Å²) in [6, 6.07) is 0. The molecule has 0 aliphatic carbocycles. The maximum absolute atomic E-state index is 2.59. The van der Waals surface area contributed by atoms with Crippen molar-refractivity contribution >= 4 is 0 Å². The summed E-state index contributed by atoms with van der Waals surface area (Å²) < 4.78 is 0. The maximum atomic E-state index is 2.59. The molecule has 0 spiro atoms. The van der Waals surface area contributed by atoms with Crippen LogP contribution in [-0.4, -0.2) is 0 Å². The van der Waals surface area contributed by atoms with Gasteiger partial charge in [0.15, 0.2) is 0 Å². The van der Waals surface area contributed by atoms with Crippen molar-refractivity contribution in [1.29, 1.82) is 0 Å². The molecule has 0 nitrogen and oxygen atoms in total. The number of unbranched alkanes of at least 4 members (excludes halogenated alkanes) is 1. The molecule has 0 heterocycles. The minimum atomic E-state index is 0.468. The van der Waals surface area contributed by atoms with Gasteiger partial charge in [-0.3, -0.25) is 0 Å². The van der Waals surface area contributed by atoms with Crippen molar-refractivity contribution in [3.63, 3.8) is 0 Å². The van der Waals surface area contributed by atoms with Crippen LogP contribution in [0.2, 0.25) is 0 Å². The van der Waals surface area contributed by atoms with Crippen LogP contribution in [0.3, 0.4) is 0 Å². The Balaban J connectivity index is 5.25. The van der Waals surface area contributed by atoms with E-state index in [-0.39, 0.29) is 0 Å². The van der Waals surface area contributed by atoms with E-state index in [9.17, 15) is 0 Å². The third kappa shape index (κ3) is 6.43. The zero-order chi connectivity index (χ0) is 18.2. The molecular formula is C23H48. The lowest BCUT2D eigenvalue weighted by atomic mass is 9.57. The molecule has 0 aliphatic heterocycles. The van der Waals surface area contributed by atoms with E-state index in [2.05, 4.69) is 69.2 Å². The molecule has 0 aliphatic rings. The summed E-state index contributed by atoms with van der Waals surface area (Å²) in [5, 5.41) is 0. The Labute approximate surface area is 149 Å². The first-order valence-electron chi connectivity index (χ1n) is 10.6. The summed E-state index contributed by atoms with van der Waals surface area (Å²) in [7, 11) is 0. The quantitative estimate of drug-likeness (QED) is 0.339. The second-order valence-electron chi connectivity index (χ2n) is 9.21. The molecule has 6 atom stereocenters. The first-order valence-corrected chi connectivity index (χ1v) is 10.6. The van der Waals surface area contributed by atoms with Gasteiger partial charge in [0.2, 0.25) is 0 Å². The number of hydrogen-bond acceptors (Lipinski definition) is 0. The van der Waals surface area contributed by atoms with Crippen LogP contribution in [0.5, 0.6) is 0 Å². The molecule has 0 rings (SSSR count). The predicted molar refractivity (Wildman–Crippen MR) is 108 cm³/mol. The van der Waals surface area contributed by atoms with Gasteiger partial charge in [-0.25, -0.2) is 0 Å². The highest BCUT2D eigenvalue weighted by Gasteiger charge is 2.41. The van der Waals surface area contributed by atoms with Crippen molar-refractivity contribution in [3.05, 3.63) is 0 Å². The summed E-state index contributed by atoms with van der Waals surface area (Å²) in [6.45, 7) is 24.6. The highest BCUT2D eigenvalue weighted by molar-refractivity contribution is 4.90. The van der Waals surface area contributed by atoms with Gasteiger partial charge in [-0.15, -0.1) is 0 Å². The first-order chi connectivity index (χ1) is 10.6. The van der Waals surface area contributed by atoms with E-state index in [1.165, 1.54) is 38.5 Å². The van der Waals surface area contributed by atoms with Gasteiger partial charge >= 0.3 is 0 Å². The minimum Gasteiger partial charge on any atom is -0.0654 e. The molecule has 0 N–H and O–H groups in total. The van der Waals surface area contributed by atoms with Crippen LogP contribution in [-0.2, 0) is 0 Å². The number of rotatable bonds is 12. The lowest BCUT2D eigenvalue weighted by Crippen LogP contribution is -2.41. The van der Waals surface area contributed by atoms with E-state index in [1.54, 1.807) is 0 Å². The fraction of sp³-hybridized carbons (Fsp3) is 1.00. The van der Waals surface area contributed by atoms with E-state index in [4.69, 9.17) is 0 Å². The molecule has 0 saturated carbocycles. The zero-order valence-electron chi connectivity index (χ0n) is 18.2. The van der Waals surface area contributed by atoms with Gasteiger partial charge in [-0.2, -0.15) is 0 Å². The molecule has 0 bridgehead atoms. The summed E-state index contributed by atoms with van der Waals surface area (Å²) in [4.78, 5) is 0. The van der Waals surface area contributed by atoms with Gasteiger partial charge in [-0.1, -0.05) is 101 Å². The topological polar surface area (TPSA) is 0 Å². The molecule has 0 fully saturated rings.